The van der Waals surface area contributed by atoms with Crippen molar-refractivity contribution in [2.75, 3.05) is 13.7 Å². The Morgan fingerprint density at radius 2 is 2.27 bits per heavy atom. The molecule has 0 unspecified atom stereocenters. The molecule has 0 saturated heterocycles. The van der Waals surface area contributed by atoms with Crippen molar-refractivity contribution in [2.24, 2.45) is 0 Å². The van der Waals surface area contributed by atoms with Crippen molar-refractivity contribution in [3.05, 3.63) is 46.2 Å². The zero-order valence-electron chi connectivity index (χ0n) is 11.5. The number of nitro groups is 1. The van der Waals surface area contributed by atoms with Gasteiger partial charge in [-0.25, -0.2) is 0 Å². The van der Waals surface area contributed by atoms with Gasteiger partial charge >= 0.3 is 11.7 Å². The Morgan fingerprint density at radius 3 is 2.91 bits per heavy atom. The van der Waals surface area contributed by atoms with Gasteiger partial charge in [-0.05, 0) is 12.1 Å². The van der Waals surface area contributed by atoms with Crippen LogP contribution in [0.1, 0.15) is 16.3 Å². The molecule has 1 amide bonds. The third kappa shape index (κ3) is 3.69. The van der Waals surface area contributed by atoms with Crippen LogP contribution in [0.5, 0.6) is 0 Å². The average molecular weight is 308 g/mol. The highest BCUT2D eigenvalue weighted by molar-refractivity contribution is 5.93. The van der Waals surface area contributed by atoms with E-state index in [1.165, 1.54) is 24.1 Å². The molecule has 2 rings (SSSR count). The van der Waals surface area contributed by atoms with Crippen molar-refractivity contribution in [2.45, 2.75) is 6.54 Å². The lowest BCUT2D eigenvalue weighted by Gasteiger charge is -2.01. The molecule has 0 fully saturated rings. The van der Waals surface area contributed by atoms with Crippen molar-refractivity contribution < 1.29 is 23.7 Å². The highest BCUT2D eigenvalue weighted by Gasteiger charge is 2.14. The molecule has 0 aliphatic carbocycles. The Balaban J connectivity index is 1.97. The van der Waals surface area contributed by atoms with Gasteiger partial charge in [0.05, 0.1) is 18.6 Å². The molecule has 0 spiro atoms. The van der Waals surface area contributed by atoms with E-state index in [1.807, 2.05) is 0 Å². The predicted molar refractivity (Wildman–Crippen MR) is 71.0 cm³/mol. The number of hydrogen-bond donors (Lipinski definition) is 1. The van der Waals surface area contributed by atoms with E-state index < -0.39 is 16.8 Å². The first-order valence-electron chi connectivity index (χ1n) is 6.10. The lowest BCUT2D eigenvalue weighted by molar-refractivity contribution is -0.385. The van der Waals surface area contributed by atoms with Gasteiger partial charge in [0.2, 0.25) is 0 Å². The largest absolute Gasteiger partial charge is 0.468 e. The molecule has 0 aliphatic rings. The number of hydrogen-bond acceptors (Lipinski definition) is 7. The topological polar surface area (TPSA) is 130 Å². The van der Waals surface area contributed by atoms with Crippen molar-refractivity contribution >= 4 is 17.6 Å². The summed E-state index contributed by atoms with van der Waals surface area (Å²) in [5.41, 5.74) is -0.136. The van der Waals surface area contributed by atoms with Crippen molar-refractivity contribution in [1.82, 2.24) is 15.1 Å². The summed E-state index contributed by atoms with van der Waals surface area (Å²) in [4.78, 5) is 32.6. The van der Waals surface area contributed by atoms with Crippen LogP contribution in [0.4, 0.5) is 5.69 Å². The zero-order valence-corrected chi connectivity index (χ0v) is 11.5. The Kier molecular flexibility index (Phi) is 4.51. The standard InChI is InChI=1S/C12H12N4O6/c1-21-11(17)5-13-12(18)10-3-2-9(22-10)7-15-6-8(4-14-15)16(19)20/h2-4,6H,5,7H2,1H3,(H,13,18). The number of ether oxygens (including phenoxy) is 1. The van der Waals surface area contributed by atoms with Crippen LogP contribution >= 0.6 is 0 Å². The molecule has 0 radical (unpaired) electrons. The van der Waals surface area contributed by atoms with Crippen LogP contribution in [0, 0.1) is 10.1 Å². The quantitative estimate of drug-likeness (QED) is 0.462. The van der Waals surface area contributed by atoms with Crippen molar-refractivity contribution in [3.8, 4) is 0 Å². The molecule has 10 heteroatoms. The summed E-state index contributed by atoms with van der Waals surface area (Å²) in [5.74, 6) is -0.742. The molecule has 10 nitrogen and oxygen atoms in total. The van der Waals surface area contributed by atoms with Gasteiger partial charge in [-0.2, -0.15) is 5.10 Å². The van der Waals surface area contributed by atoms with Crippen LogP contribution in [0.15, 0.2) is 28.9 Å². The second kappa shape index (κ2) is 6.52. The second-order valence-electron chi connectivity index (χ2n) is 4.18. The average Bonchev–Trinajstić information content (AvgIpc) is 3.14. The van der Waals surface area contributed by atoms with Gasteiger partial charge in [-0.3, -0.25) is 24.4 Å². The first-order valence-corrected chi connectivity index (χ1v) is 6.10. The first-order chi connectivity index (χ1) is 10.5. The fourth-order valence-electron chi connectivity index (χ4n) is 1.59. The molecule has 1 N–H and O–H groups in total. The van der Waals surface area contributed by atoms with E-state index in [4.69, 9.17) is 4.42 Å². The van der Waals surface area contributed by atoms with E-state index >= 15 is 0 Å². The van der Waals surface area contributed by atoms with E-state index in [0.29, 0.717) is 5.76 Å². The third-order valence-corrected chi connectivity index (χ3v) is 2.65. The van der Waals surface area contributed by atoms with Gasteiger partial charge in [-0.1, -0.05) is 0 Å². The fourth-order valence-corrected chi connectivity index (χ4v) is 1.59. The molecule has 2 aromatic rings. The summed E-state index contributed by atoms with van der Waals surface area (Å²) in [5, 5.41) is 16.7. The molecular formula is C12H12N4O6. The SMILES string of the molecule is COC(=O)CNC(=O)c1ccc(Cn2cc([N+](=O)[O-])cn2)o1. The summed E-state index contributed by atoms with van der Waals surface area (Å²) >= 11 is 0. The van der Waals surface area contributed by atoms with E-state index in [1.54, 1.807) is 6.07 Å². The fraction of sp³-hybridized carbons (Fsp3) is 0.250. The normalized spacial score (nSPS) is 10.2. The van der Waals surface area contributed by atoms with Gasteiger partial charge < -0.3 is 14.5 Å². The molecule has 0 aromatic carbocycles. The van der Waals surface area contributed by atoms with Crippen LogP contribution in [0.2, 0.25) is 0 Å². The molecule has 0 saturated carbocycles. The number of aromatic nitrogens is 2. The molecular weight excluding hydrogens is 296 g/mol. The highest BCUT2D eigenvalue weighted by atomic mass is 16.6. The minimum Gasteiger partial charge on any atom is -0.468 e. The van der Waals surface area contributed by atoms with Gasteiger partial charge in [0.1, 0.15) is 24.7 Å². The number of carbonyl (C=O) groups is 2. The van der Waals surface area contributed by atoms with Gasteiger partial charge in [0, 0.05) is 0 Å². The molecule has 2 heterocycles. The van der Waals surface area contributed by atoms with Crippen LogP contribution in [0.3, 0.4) is 0 Å². The maximum Gasteiger partial charge on any atom is 0.325 e. The summed E-state index contributed by atoms with van der Waals surface area (Å²) in [6, 6.07) is 2.97. The summed E-state index contributed by atoms with van der Waals surface area (Å²) in [7, 11) is 1.21. The molecule has 116 valence electrons. The number of nitrogens with one attached hydrogen (secondary N) is 1. The van der Waals surface area contributed by atoms with Gasteiger partial charge in [0.15, 0.2) is 5.76 Å². The molecule has 0 atom stereocenters. The third-order valence-electron chi connectivity index (χ3n) is 2.65. The minimum absolute atomic E-state index is 0.0144. The first kappa shape index (κ1) is 15.2. The maximum absolute atomic E-state index is 11.7. The van der Waals surface area contributed by atoms with Crippen molar-refractivity contribution in [1.29, 1.82) is 0 Å². The summed E-state index contributed by atoms with van der Waals surface area (Å²) in [6.45, 7) is -0.130. The molecule has 0 bridgehead atoms. The van der Waals surface area contributed by atoms with Gasteiger partial charge in [0.25, 0.3) is 5.91 Å². The second-order valence-corrected chi connectivity index (χ2v) is 4.18. The predicted octanol–water partition coefficient (Wildman–Crippen LogP) is 0.335. The van der Waals surface area contributed by atoms with Crippen molar-refractivity contribution in [3.63, 3.8) is 0 Å². The lowest BCUT2D eigenvalue weighted by Crippen LogP contribution is -2.29. The van der Waals surface area contributed by atoms with Crippen LogP contribution < -0.4 is 5.32 Å². The van der Waals surface area contributed by atoms with Crippen LogP contribution in [-0.4, -0.2) is 40.2 Å². The smallest absolute Gasteiger partial charge is 0.325 e. The number of methoxy groups -OCH3 is 1. The Hall–Kier alpha value is -3.17. The summed E-state index contributed by atoms with van der Waals surface area (Å²) < 4.78 is 11.0. The van der Waals surface area contributed by atoms with Gasteiger partial charge in [-0.15, -0.1) is 0 Å². The zero-order chi connectivity index (χ0) is 16.1. The Morgan fingerprint density at radius 1 is 1.50 bits per heavy atom. The minimum atomic E-state index is -0.580. The number of furan rings is 1. The molecule has 0 aliphatic heterocycles. The van der Waals surface area contributed by atoms with E-state index in [-0.39, 0.29) is 24.5 Å². The maximum atomic E-state index is 11.7. The number of amides is 1. The number of esters is 1. The molecule has 2 aromatic heterocycles. The van der Waals surface area contributed by atoms with E-state index in [0.717, 1.165) is 6.20 Å². The monoisotopic (exact) mass is 308 g/mol. The Labute approximate surface area is 123 Å². The van der Waals surface area contributed by atoms with E-state index in [9.17, 15) is 19.7 Å². The number of carbonyl (C=O) groups excluding carboxylic acids is 2. The highest BCUT2D eigenvalue weighted by Crippen LogP contribution is 2.12. The summed E-state index contributed by atoms with van der Waals surface area (Å²) in [6.07, 6.45) is 2.37. The van der Waals surface area contributed by atoms with E-state index in [2.05, 4.69) is 15.2 Å². The number of rotatable bonds is 6. The Bertz CT molecular complexity index is 704. The van der Waals surface area contributed by atoms with Crippen LogP contribution in [0.25, 0.3) is 0 Å². The lowest BCUT2D eigenvalue weighted by atomic mass is 10.4. The van der Waals surface area contributed by atoms with Crippen LogP contribution in [-0.2, 0) is 16.1 Å². The molecule has 22 heavy (non-hydrogen) atoms. The number of nitrogens with zero attached hydrogens (tertiary/aromatic N) is 3.